The molecule has 0 aromatic heterocycles. The van der Waals surface area contributed by atoms with Crippen molar-refractivity contribution in [2.45, 2.75) is 33.1 Å². The summed E-state index contributed by atoms with van der Waals surface area (Å²) in [6.45, 7) is 7.64. The van der Waals surface area contributed by atoms with Gasteiger partial charge in [-0.2, -0.15) is 0 Å². The van der Waals surface area contributed by atoms with Crippen LogP contribution in [-0.2, 0) is 27.2 Å². The maximum Gasteiger partial charge on any atom is 0.346 e. The highest BCUT2D eigenvalue weighted by atomic mass is 31.2. The van der Waals surface area contributed by atoms with Crippen molar-refractivity contribution < 1.29 is 27.2 Å². The van der Waals surface area contributed by atoms with E-state index in [4.69, 9.17) is 18.1 Å². The molecule has 19 heavy (non-hydrogen) atoms. The molecule has 0 spiro atoms. The Labute approximate surface area is 118 Å². The van der Waals surface area contributed by atoms with Gasteiger partial charge in [-0.25, -0.2) is 0 Å². The van der Waals surface area contributed by atoms with E-state index < -0.39 is 20.6 Å². The van der Waals surface area contributed by atoms with Crippen molar-refractivity contribution in [1.29, 1.82) is 0 Å². The molecule has 1 atom stereocenters. The Morgan fingerprint density at radius 3 is 1.21 bits per heavy atom. The quantitative estimate of drug-likeness (QED) is 0.536. The van der Waals surface area contributed by atoms with E-state index in [-0.39, 0.29) is 32.6 Å². The first-order chi connectivity index (χ1) is 8.94. The van der Waals surface area contributed by atoms with Crippen LogP contribution >= 0.6 is 24.4 Å². The zero-order chi connectivity index (χ0) is 14.9. The van der Waals surface area contributed by atoms with Gasteiger partial charge in [-0.05, 0) is 33.9 Å². The standard InChI is InChI=1S/C10H25O6P3/c1-5-13-18(11,14-6-2)10(9-17)19(12,15-7-3)16-8-4/h10H,5-9,17H2,1-4H3. The lowest BCUT2D eigenvalue weighted by Gasteiger charge is -2.30. The lowest BCUT2D eigenvalue weighted by molar-refractivity contribution is 0.197. The van der Waals surface area contributed by atoms with Crippen LogP contribution in [0.2, 0.25) is 0 Å². The van der Waals surface area contributed by atoms with Crippen LogP contribution in [0.15, 0.2) is 0 Å². The number of hydrogen-bond acceptors (Lipinski definition) is 6. The molecule has 0 radical (unpaired) electrons. The molecule has 116 valence electrons. The van der Waals surface area contributed by atoms with Crippen molar-refractivity contribution in [2.75, 3.05) is 32.6 Å². The van der Waals surface area contributed by atoms with Crippen molar-refractivity contribution >= 4 is 24.4 Å². The van der Waals surface area contributed by atoms with Crippen LogP contribution in [0.1, 0.15) is 27.7 Å². The van der Waals surface area contributed by atoms with Gasteiger partial charge in [0.15, 0.2) is 5.40 Å². The molecule has 0 fully saturated rings. The maximum atomic E-state index is 12.8. The third-order valence-electron chi connectivity index (χ3n) is 2.18. The molecule has 0 aromatic rings. The van der Waals surface area contributed by atoms with Crippen molar-refractivity contribution in [3.05, 3.63) is 0 Å². The molecule has 0 saturated heterocycles. The van der Waals surface area contributed by atoms with E-state index in [2.05, 4.69) is 9.24 Å². The molecule has 0 rings (SSSR count). The van der Waals surface area contributed by atoms with Crippen molar-refractivity contribution in [1.82, 2.24) is 0 Å². The van der Waals surface area contributed by atoms with Gasteiger partial charge >= 0.3 is 15.2 Å². The summed E-state index contributed by atoms with van der Waals surface area (Å²) in [6.07, 6.45) is 0.245. The van der Waals surface area contributed by atoms with E-state index in [0.29, 0.717) is 0 Å². The highest BCUT2D eigenvalue weighted by Crippen LogP contribution is 2.70. The second kappa shape index (κ2) is 9.63. The van der Waals surface area contributed by atoms with E-state index in [1.165, 1.54) is 0 Å². The van der Waals surface area contributed by atoms with Crippen LogP contribution in [-0.4, -0.2) is 38.0 Å². The SMILES string of the molecule is CCOP(=O)(OCC)C(CP)P(=O)(OCC)OCC. The minimum Gasteiger partial charge on any atom is -0.308 e. The topological polar surface area (TPSA) is 71.1 Å². The summed E-state index contributed by atoms with van der Waals surface area (Å²) < 4.78 is 46.5. The highest BCUT2D eigenvalue weighted by Gasteiger charge is 2.49. The van der Waals surface area contributed by atoms with E-state index in [1.54, 1.807) is 27.7 Å². The average molecular weight is 334 g/mol. The van der Waals surface area contributed by atoms with E-state index in [0.717, 1.165) is 0 Å². The summed E-state index contributed by atoms with van der Waals surface area (Å²) >= 11 is 0. The Bertz CT molecular complexity index is 285. The fourth-order valence-corrected chi connectivity index (χ4v) is 8.10. The van der Waals surface area contributed by atoms with Crippen LogP contribution in [0.4, 0.5) is 0 Å². The lowest BCUT2D eigenvalue weighted by Crippen LogP contribution is -2.19. The van der Waals surface area contributed by atoms with Gasteiger partial charge in [0, 0.05) is 0 Å². The van der Waals surface area contributed by atoms with Gasteiger partial charge in [0.2, 0.25) is 0 Å². The van der Waals surface area contributed by atoms with Crippen LogP contribution in [0.5, 0.6) is 0 Å². The summed E-state index contributed by atoms with van der Waals surface area (Å²) in [6, 6.07) is 0. The molecule has 1 unspecified atom stereocenters. The Hall–Kier alpha value is 0.730. The summed E-state index contributed by atoms with van der Waals surface area (Å²) in [5.41, 5.74) is 0. The molecule has 6 nitrogen and oxygen atoms in total. The van der Waals surface area contributed by atoms with Gasteiger partial charge in [0.25, 0.3) is 0 Å². The molecule has 0 aromatic carbocycles. The minimum absolute atomic E-state index is 0.205. The predicted molar refractivity (Wildman–Crippen MR) is 80.1 cm³/mol. The second-order valence-electron chi connectivity index (χ2n) is 3.47. The van der Waals surface area contributed by atoms with Gasteiger partial charge in [0.1, 0.15) is 0 Å². The van der Waals surface area contributed by atoms with Crippen molar-refractivity contribution in [2.24, 2.45) is 0 Å². The summed E-state index contributed by atoms with van der Waals surface area (Å²) in [7, 11) is -4.69. The molecule has 0 aliphatic heterocycles. The molecule has 0 heterocycles. The maximum absolute atomic E-state index is 12.8. The van der Waals surface area contributed by atoms with Gasteiger partial charge in [0.05, 0.1) is 26.4 Å². The Balaban J connectivity index is 5.41. The summed E-state index contributed by atoms with van der Waals surface area (Å²) in [4.78, 5) is 0. The summed E-state index contributed by atoms with van der Waals surface area (Å²) in [5.74, 6) is 0. The fraction of sp³-hybridized carbons (Fsp3) is 1.00. The lowest BCUT2D eigenvalue weighted by atomic mass is 10.9. The third-order valence-corrected chi connectivity index (χ3v) is 9.49. The fourth-order valence-electron chi connectivity index (χ4n) is 1.57. The van der Waals surface area contributed by atoms with Gasteiger partial charge in [-0.1, -0.05) is 0 Å². The first-order valence-electron chi connectivity index (χ1n) is 6.41. The first kappa shape index (κ1) is 19.7. The molecule has 0 aliphatic carbocycles. The number of hydrogen-bond donors (Lipinski definition) is 0. The average Bonchev–Trinajstić information content (AvgIpc) is 2.30. The zero-order valence-corrected chi connectivity index (χ0v) is 15.0. The summed E-state index contributed by atoms with van der Waals surface area (Å²) in [5, 5.41) is -0.926. The molecular formula is C10H25O6P3. The monoisotopic (exact) mass is 334 g/mol. The van der Waals surface area contributed by atoms with Crippen LogP contribution in [0, 0.1) is 0 Å². The van der Waals surface area contributed by atoms with Gasteiger partial charge < -0.3 is 18.1 Å². The first-order valence-corrected chi connectivity index (χ1v) is 10.5. The predicted octanol–water partition coefficient (Wildman–Crippen LogP) is 3.72. The Morgan fingerprint density at radius 1 is 0.789 bits per heavy atom. The van der Waals surface area contributed by atoms with E-state index >= 15 is 0 Å². The third kappa shape index (κ3) is 5.55. The van der Waals surface area contributed by atoms with Crippen LogP contribution < -0.4 is 0 Å². The second-order valence-corrected chi connectivity index (χ2v) is 8.78. The molecule has 0 saturated carbocycles. The number of rotatable bonds is 11. The van der Waals surface area contributed by atoms with Crippen LogP contribution in [0.25, 0.3) is 0 Å². The minimum atomic E-state index is -3.54. The van der Waals surface area contributed by atoms with E-state index in [9.17, 15) is 9.13 Å². The molecule has 0 aliphatic rings. The largest absolute Gasteiger partial charge is 0.346 e. The Kier molecular flexibility index (Phi) is 10.00. The van der Waals surface area contributed by atoms with E-state index in [1.807, 2.05) is 0 Å². The van der Waals surface area contributed by atoms with Crippen LogP contribution in [0.3, 0.4) is 0 Å². The highest BCUT2D eigenvalue weighted by molar-refractivity contribution is 7.73. The smallest absolute Gasteiger partial charge is 0.308 e. The zero-order valence-electron chi connectivity index (χ0n) is 12.0. The van der Waals surface area contributed by atoms with Crippen molar-refractivity contribution in [3.8, 4) is 0 Å². The van der Waals surface area contributed by atoms with Crippen molar-refractivity contribution in [3.63, 3.8) is 0 Å². The molecular weight excluding hydrogens is 309 g/mol. The Morgan fingerprint density at radius 2 is 1.05 bits per heavy atom. The molecule has 0 amide bonds. The molecule has 0 N–H and O–H groups in total. The molecule has 0 bridgehead atoms. The van der Waals surface area contributed by atoms with Gasteiger partial charge in [-0.15, -0.1) is 9.24 Å². The van der Waals surface area contributed by atoms with Gasteiger partial charge in [-0.3, -0.25) is 9.13 Å². The molecule has 9 heteroatoms. The normalized spacial score (nSPS) is 13.2.